The summed E-state index contributed by atoms with van der Waals surface area (Å²) in [6.45, 7) is 3.95. The van der Waals surface area contributed by atoms with Crippen LogP contribution in [0.25, 0.3) is 0 Å². The van der Waals surface area contributed by atoms with Crippen molar-refractivity contribution < 1.29 is 9.84 Å². The maximum Gasteiger partial charge on any atom is 0.224 e. The van der Waals surface area contributed by atoms with E-state index in [1.807, 2.05) is 26.0 Å². The van der Waals surface area contributed by atoms with Gasteiger partial charge in [0.1, 0.15) is 17.4 Å². The zero-order chi connectivity index (χ0) is 14.5. The van der Waals surface area contributed by atoms with Crippen LogP contribution in [0.3, 0.4) is 0 Å². The summed E-state index contributed by atoms with van der Waals surface area (Å²) in [5, 5.41) is 9.12. The van der Waals surface area contributed by atoms with Gasteiger partial charge in [-0.05, 0) is 17.7 Å². The molecule has 20 heavy (non-hydrogen) atoms. The fraction of sp³-hybridized carbons (Fsp3) is 0.286. The van der Waals surface area contributed by atoms with Gasteiger partial charge in [0.25, 0.3) is 0 Å². The van der Waals surface area contributed by atoms with Crippen molar-refractivity contribution in [1.82, 2.24) is 9.97 Å². The van der Waals surface area contributed by atoms with Gasteiger partial charge in [-0.2, -0.15) is 4.98 Å². The number of rotatable bonds is 5. The normalized spacial score (nSPS) is 10.7. The minimum Gasteiger partial charge on any atom is -0.439 e. The molecule has 0 saturated carbocycles. The zero-order valence-electron chi connectivity index (χ0n) is 11.5. The van der Waals surface area contributed by atoms with Crippen molar-refractivity contribution in [3.8, 4) is 11.6 Å². The molecule has 6 nitrogen and oxygen atoms in total. The quantitative estimate of drug-likeness (QED) is 0.571. The molecule has 1 aromatic carbocycles. The van der Waals surface area contributed by atoms with Crippen molar-refractivity contribution in [1.29, 1.82) is 0 Å². The highest BCUT2D eigenvalue weighted by atomic mass is 16.5. The summed E-state index contributed by atoms with van der Waals surface area (Å²) in [4.78, 5) is 8.60. The molecular formula is C14H18N4O2. The van der Waals surface area contributed by atoms with Gasteiger partial charge >= 0.3 is 0 Å². The second-order valence-electron chi connectivity index (χ2n) is 4.66. The fourth-order valence-corrected chi connectivity index (χ4v) is 1.66. The Bertz CT molecular complexity index is 587. The fourth-order valence-electron chi connectivity index (χ4n) is 1.66. The number of aliphatic hydroxyl groups is 1. The number of ether oxygens (including phenoxy) is 1. The molecule has 0 unspecified atom stereocenters. The molecule has 0 bridgehead atoms. The number of hydrogen-bond donors (Lipinski definition) is 3. The van der Waals surface area contributed by atoms with Crippen molar-refractivity contribution in [3.05, 3.63) is 41.7 Å². The first-order valence-corrected chi connectivity index (χ1v) is 6.35. The summed E-state index contributed by atoms with van der Waals surface area (Å²) in [6, 6.07) is 8.81. The molecule has 0 fully saturated rings. The summed E-state index contributed by atoms with van der Waals surface area (Å²) in [7, 11) is 0. The molecule has 6 heteroatoms. The van der Waals surface area contributed by atoms with E-state index in [0.717, 1.165) is 5.56 Å². The molecule has 0 aliphatic carbocycles. The van der Waals surface area contributed by atoms with E-state index in [-0.39, 0.29) is 12.5 Å². The van der Waals surface area contributed by atoms with Gasteiger partial charge in [-0.1, -0.05) is 26.0 Å². The maximum atomic E-state index is 9.12. The minimum absolute atomic E-state index is 0.0339. The van der Waals surface area contributed by atoms with Gasteiger partial charge in [0.15, 0.2) is 0 Å². The molecule has 106 valence electrons. The van der Waals surface area contributed by atoms with Crippen LogP contribution in [0.4, 0.5) is 5.82 Å². The van der Waals surface area contributed by atoms with Crippen molar-refractivity contribution in [2.24, 2.45) is 5.84 Å². The zero-order valence-corrected chi connectivity index (χ0v) is 11.5. The molecule has 0 atom stereocenters. The third-order valence-corrected chi connectivity index (χ3v) is 2.69. The minimum atomic E-state index is -0.0339. The number of benzene rings is 1. The van der Waals surface area contributed by atoms with Gasteiger partial charge in [0, 0.05) is 12.0 Å². The van der Waals surface area contributed by atoms with Crippen molar-refractivity contribution >= 4 is 5.82 Å². The van der Waals surface area contributed by atoms with Crippen LogP contribution in [-0.4, -0.2) is 15.1 Å². The number of nitrogen functional groups attached to an aromatic ring is 1. The topological polar surface area (TPSA) is 93.3 Å². The van der Waals surface area contributed by atoms with Gasteiger partial charge in [0.05, 0.1) is 6.61 Å². The number of aromatic nitrogens is 2. The van der Waals surface area contributed by atoms with Gasteiger partial charge in [-0.3, -0.25) is 0 Å². The molecule has 2 rings (SSSR count). The first-order chi connectivity index (χ1) is 9.62. The molecule has 0 aliphatic rings. The van der Waals surface area contributed by atoms with Crippen LogP contribution in [-0.2, 0) is 6.61 Å². The first kappa shape index (κ1) is 14.2. The summed E-state index contributed by atoms with van der Waals surface area (Å²) in [6.07, 6.45) is 0. The van der Waals surface area contributed by atoms with Gasteiger partial charge in [-0.25, -0.2) is 10.8 Å². The van der Waals surface area contributed by atoms with E-state index >= 15 is 0 Å². The second-order valence-corrected chi connectivity index (χ2v) is 4.66. The Morgan fingerprint density at radius 3 is 2.75 bits per heavy atom. The standard InChI is InChI=1S/C14H18N4O2/c1-9(2)14-16-12(18-15)7-13(17-14)20-11-5-3-4-10(6-11)8-19/h3-7,9,19H,8,15H2,1-2H3,(H,16,17,18). The third kappa shape index (κ3) is 3.43. The monoisotopic (exact) mass is 274 g/mol. The number of anilines is 1. The van der Waals surface area contributed by atoms with E-state index in [2.05, 4.69) is 15.4 Å². The number of hydrazine groups is 1. The summed E-state index contributed by atoms with van der Waals surface area (Å²) >= 11 is 0. The molecule has 2 aromatic rings. The average Bonchev–Trinajstić information content (AvgIpc) is 2.47. The number of aliphatic hydroxyl groups excluding tert-OH is 1. The van der Waals surface area contributed by atoms with Crippen molar-refractivity contribution in [2.75, 3.05) is 5.43 Å². The molecule has 0 radical (unpaired) electrons. The highest BCUT2D eigenvalue weighted by Crippen LogP contribution is 2.24. The Kier molecular flexibility index (Phi) is 4.49. The molecule has 1 aromatic heterocycles. The van der Waals surface area contributed by atoms with Gasteiger partial charge in [0.2, 0.25) is 5.88 Å². The molecule has 0 spiro atoms. The van der Waals surface area contributed by atoms with E-state index in [4.69, 9.17) is 15.7 Å². The lowest BCUT2D eigenvalue weighted by Crippen LogP contribution is -2.11. The Hall–Kier alpha value is -2.18. The second kappa shape index (κ2) is 6.31. The predicted molar refractivity (Wildman–Crippen MR) is 76.4 cm³/mol. The maximum absolute atomic E-state index is 9.12. The number of hydrogen-bond acceptors (Lipinski definition) is 6. The predicted octanol–water partition coefficient (Wildman–Crippen LogP) is 2.17. The Balaban J connectivity index is 2.29. The summed E-state index contributed by atoms with van der Waals surface area (Å²) in [5.41, 5.74) is 3.28. The van der Waals surface area contributed by atoms with Crippen LogP contribution < -0.4 is 16.0 Å². The lowest BCUT2D eigenvalue weighted by atomic mass is 10.2. The Labute approximate surface area is 117 Å². The summed E-state index contributed by atoms with van der Waals surface area (Å²) < 4.78 is 5.70. The average molecular weight is 274 g/mol. The van der Waals surface area contributed by atoms with E-state index in [0.29, 0.717) is 23.3 Å². The first-order valence-electron chi connectivity index (χ1n) is 6.35. The van der Waals surface area contributed by atoms with Crippen LogP contribution in [0, 0.1) is 0 Å². The molecular weight excluding hydrogens is 256 g/mol. The highest BCUT2D eigenvalue weighted by Gasteiger charge is 2.09. The van der Waals surface area contributed by atoms with E-state index in [9.17, 15) is 0 Å². The SMILES string of the molecule is CC(C)c1nc(NN)cc(Oc2cccc(CO)c2)n1. The number of nitrogens with one attached hydrogen (secondary N) is 1. The number of nitrogens with two attached hydrogens (primary N) is 1. The third-order valence-electron chi connectivity index (χ3n) is 2.69. The van der Waals surface area contributed by atoms with Gasteiger partial charge < -0.3 is 15.3 Å². The van der Waals surface area contributed by atoms with Crippen molar-refractivity contribution in [3.63, 3.8) is 0 Å². The van der Waals surface area contributed by atoms with E-state index in [1.54, 1.807) is 18.2 Å². The molecule has 4 N–H and O–H groups in total. The van der Waals surface area contributed by atoms with Crippen LogP contribution in [0.1, 0.15) is 31.2 Å². The largest absolute Gasteiger partial charge is 0.439 e. The van der Waals surface area contributed by atoms with E-state index < -0.39 is 0 Å². The highest BCUT2D eigenvalue weighted by molar-refractivity contribution is 5.39. The van der Waals surface area contributed by atoms with Gasteiger partial charge in [-0.15, -0.1) is 0 Å². The van der Waals surface area contributed by atoms with Crippen LogP contribution >= 0.6 is 0 Å². The smallest absolute Gasteiger partial charge is 0.224 e. The summed E-state index contributed by atoms with van der Waals surface area (Å²) in [5.74, 6) is 7.72. The van der Waals surface area contributed by atoms with E-state index in [1.165, 1.54) is 0 Å². The van der Waals surface area contributed by atoms with Crippen molar-refractivity contribution in [2.45, 2.75) is 26.4 Å². The Morgan fingerprint density at radius 2 is 2.10 bits per heavy atom. The Morgan fingerprint density at radius 1 is 1.30 bits per heavy atom. The molecule has 0 amide bonds. The van der Waals surface area contributed by atoms with Crippen LogP contribution in [0.2, 0.25) is 0 Å². The molecule has 0 saturated heterocycles. The molecule has 0 aliphatic heterocycles. The number of nitrogens with zero attached hydrogens (tertiary/aromatic N) is 2. The lowest BCUT2D eigenvalue weighted by molar-refractivity contribution is 0.281. The lowest BCUT2D eigenvalue weighted by Gasteiger charge is -2.11. The molecule has 1 heterocycles. The van der Waals surface area contributed by atoms with Crippen LogP contribution in [0.15, 0.2) is 30.3 Å². The van der Waals surface area contributed by atoms with Crippen LogP contribution in [0.5, 0.6) is 11.6 Å².